The van der Waals surface area contributed by atoms with Crippen molar-refractivity contribution in [3.05, 3.63) is 23.4 Å². The molecule has 2 unspecified atom stereocenters. The van der Waals surface area contributed by atoms with Crippen LogP contribution in [0.15, 0.2) is 12.1 Å². The molecular weight excluding hydrogens is 302 g/mol. The molecule has 2 atom stereocenters. The van der Waals surface area contributed by atoms with E-state index >= 15 is 0 Å². The normalized spacial score (nSPS) is 22.5. The molecule has 0 amide bonds. The highest BCUT2D eigenvalue weighted by Gasteiger charge is 2.40. The van der Waals surface area contributed by atoms with Crippen molar-refractivity contribution >= 4 is 5.95 Å². The van der Waals surface area contributed by atoms with Gasteiger partial charge in [-0.3, -0.25) is 4.57 Å². The Morgan fingerprint density at radius 3 is 2.75 bits per heavy atom. The molecule has 1 saturated carbocycles. The molecular formula is C18H25N5O. The summed E-state index contributed by atoms with van der Waals surface area (Å²) in [6, 6.07) is 4.79. The Bertz CT molecular complexity index is 721. The van der Waals surface area contributed by atoms with Crippen LogP contribution >= 0.6 is 0 Å². The van der Waals surface area contributed by atoms with Crippen LogP contribution in [0.25, 0.3) is 11.5 Å². The number of piperidine rings is 1. The minimum absolute atomic E-state index is 0.626. The fraction of sp³-hybridized carbons (Fsp3) is 0.611. The van der Waals surface area contributed by atoms with E-state index in [1.165, 1.54) is 24.8 Å². The van der Waals surface area contributed by atoms with E-state index < -0.39 is 0 Å². The van der Waals surface area contributed by atoms with E-state index in [9.17, 15) is 0 Å². The number of hydrogen-bond acceptors (Lipinski definition) is 5. The number of ether oxygens (including phenoxy) is 1. The maximum atomic E-state index is 5.32. The van der Waals surface area contributed by atoms with Gasteiger partial charge in [0.2, 0.25) is 5.95 Å². The lowest BCUT2D eigenvalue weighted by atomic mass is 10.1. The van der Waals surface area contributed by atoms with Gasteiger partial charge in [0.15, 0.2) is 5.82 Å². The molecule has 1 saturated heterocycles. The molecule has 3 heterocycles. The van der Waals surface area contributed by atoms with Crippen LogP contribution < -0.4 is 4.90 Å². The minimum Gasteiger partial charge on any atom is -0.383 e. The standard InChI is InChI=1S/C18H25N5O/c1-12-8-13(2)19-16(9-12)17-20-21-18(22(17)6-7-24-3)23-11-14-4-5-15(23)10-14/h8-9,14-15H,4-7,10-11H2,1-3H3. The lowest BCUT2D eigenvalue weighted by Gasteiger charge is -2.28. The van der Waals surface area contributed by atoms with E-state index in [-0.39, 0.29) is 0 Å². The van der Waals surface area contributed by atoms with Crippen molar-refractivity contribution in [2.45, 2.75) is 45.7 Å². The topological polar surface area (TPSA) is 56.1 Å². The fourth-order valence-corrected chi connectivity index (χ4v) is 4.21. The van der Waals surface area contributed by atoms with Crippen molar-refractivity contribution in [1.82, 2.24) is 19.7 Å². The Morgan fingerprint density at radius 1 is 1.21 bits per heavy atom. The smallest absolute Gasteiger partial charge is 0.227 e. The maximum absolute atomic E-state index is 5.32. The van der Waals surface area contributed by atoms with E-state index in [1.54, 1.807) is 7.11 Å². The molecule has 0 N–H and O–H groups in total. The number of fused-ring (bicyclic) bond motifs is 2. The number of rotatable bonds is 5. The number of pyridine rings is 1. The number of anilines is 1. The van der Waals surface area contributed by atoms with Gasteiger partial charge in [-0.05, 0) is 56.7 Å². The number of hydrogen-bond donors (Lipinski definition) is 0. The molecule has 6 nitrogen and oxygen atoms in total. The first kappa shape index (κ1) is 15.6. The van der Waals surface area contributed by atoms with Gasteiger partial charge in [0.05, 0.1) is 13.2 Å². The maximum Gasteiger partial charge on any atom is 0.227 e. The molecule has 0 spiro atoms. The number of nitrogens with zero attached hydrogens (tertiary/aromatic N) is 5. The Balaban J connectivity index is 1.74. The summed E-state index contributed by atoms with van der Waals surface area (Å²) in [6.07, 6.45) is 3.94. The third-order valence-corrected chi connectivity index (χ3v) is 5.24. The number of methoxy groups -OCH3 is 1. The number of aromatic nitrogens is 4. The number of aryl methyl sites for hydroxylation is 2. The lowest BCUT2D eigenvalue weighted by Crippen LogP contribution is -2.34. The molecule has 0 aromatic carbocycles. The Morgan fingerprint density at radius 2 is 2.08 bits per heavy atom. The van der Waals surface area contributed by atoms with Gasteiger partial charge in [0.25, 0.3) is 0 Å². The molecule has 128 valence electrons. The summed E-state index contributed by atoms with van der Waals surface area (Å²) in [5.41, 5.74) is 3.10. The zero-order valence-corrected chi connectivity index (χ0v) is 14.7. The average Bonchev–Trinajstić information content (AvgIpc) is 3.26. The van der Waals surface area contributed by atoms with Crippen LogP contribution in [0.5, 0.6) is 0 Å². The van der Waals surface area contributed by atoms with E-state index in [0.717, 1.165) is 42.2 Å². The van der Waals surface area contributed by atoms with Gasteiger partial charge in [-0.15, -0.1) is 10.2 Å². The largest absolute Gasteiger partial charge is 0.383 e. The summed E-state index contributed by atoms with van der Waals surface area (Å²) in [7, 11) is 1.73. The predicted molar refractivity (Wildman–Crippen MR) is 93.1 cm³/mol. The highest BCUT2D eigenvalue weighted by molar-refractivity contribution is 5.55. The third-order valence-electron chi connectivity index (χ3n) is 5.24. The minimum atomic E-state index is 0.626. The SMILES string of the molecule is COCCn1c(-c2cc(C)cc(C)n2)nnc1N1CC2CCC1C2. The molecule has 2 bridgehead atoms. The van der Waals surface area contributed by atoms with E-state index in [0.29, 0.717) is 12.6 Å². The van der Waals surface area contributed by atoms with Crippen molar-refractivity contribution in [3.63, 3.8) is 0 Å². The molecule has 1 aliphatic carbocycles. The van der Waals surface area contributed by atoms with Crippen molar-refractivity contribution in [3.8, 4) is 11.5 Å². The lowest BCUT2D eigenvalue weighted by molar-refractivity contribution is 0.187. The summed E-state index contributed by atoms with van der Waals surface area (Å²) in [5.74, 6) is 2.65. The summed E-state index contributed by atoms with van der Waals surface area (Å²) in [5, 5.41) is 9.05. The molecule has 4 rings (SSSR count). The highest BCUT2D eigenvalue weighted by atomic mass is 16.5. The van der Waals surface area contributed by atoms with Crippen LogP contribution in [0.4, 0.5) is 5.95 Å². The summed E-state index contributed by atoms with van der Waals surface area (Å²) < 4.78 is 7.50. The van der Waals surface area contributed by atoms with Gasteiger partial charge in [-0.2, -0.15) is 0 Å². The summed E-state index contributed by atoms with van der Waals surface area (Å²) in [4.78, 5) is 7.13. The molecule has 6 heteroatoms. The molecule has 2 aromatic rings. The first-order valence-corrected chi connectivity index (χ1v) is 8.80. The Labute approximate surface area is 142 Å². The Kier molecular flexibility index (Phi) is 4.00. The summed E-state index contributed by atoms with van der Waals surface area (Å²) >= 11 is 0. The van der Waals surface area contributed by atoms with Crippen LogP contribution in [0.1, 0.15) is 30.5 Å². The van der Waals surface area contributed by atoms with E-state index in [4.69, 9.17) is 4.74 Å². The van der Waals surface area contributed by atoms with Gasteiger partial charge >= 0.3 is 0 Å². The summed E-state index contributed by atoms with van der Waals surface area (Å²) in [6.45, 7) is 6.61. The van der Waals surface area contributed by atoms with Gasteiger partial charge in [0, 0.05) is 25.4 Å². The zero-order valence-electron chi connectivity index (χ0n) is 14.7. The van der Waals surface area contributed by atoms with Crippen LogP contribution in [-0.2, 0) is 11.3 Å². The van der Waals surface area contributed by atoms with Crippen LogP contribution in [0.3, 0.4) is 0 Å². The average molecular weight is 327 g/mol. The van der Waals surface area contributed by atoms with Gasteiger partial charge in [0.1, 0.15) is 5.69 Å². The Hall–Kier alpha value is -1.95. The van der Waals surface area contributed by atoms with E-state index in [2.05, 4.69) is 43.7 Å². The second-order valence-electron chi connectivity index (χ2n) is 7.12. The second-order valence-corrected chi connectivity index (χ2v) is 7.12. The first-order valence-electron chi connectivity index (χ1n) is 8.80. The van der Waals surface area contributed by atoms with Crippen molar-refractivity contribution in [2.75, 3.05) is 25.2 Å². The fourth-order valence-electron chi connectivity index (χ4n) is 4.21. The molecule has 24 heavy (non-hydrogen) atoms. The molecule has 2 aliphatic rings. The van der Waals surface area contributed by atoms with Crippen molar-refractivity contribution in [2.24, 2.45) is 5.92 Å². The van der Waals surface area contributed by atoms with Crippen LogP contribution in [-0.4, -0.2) is 46.1 Å². The van der Waals surface area contributed by atoms with Crippen LogP contribution in [0.2, 0.25) is 0 Å². The van der Waals surface area contributed by atoms with Crippen LogP contribution in [0, 0.1) is 19.8 Å². The van der Waals surface area contributed by atoms with E-state index in [1.807, 2.05) is 6.92 Å². The first-order chi connectivity index (χ1) is 11.7. The highest BCUT2D eigenvalue weighted by Crippen LogP contribution is 2.40. The molecule has 0 radical (unpaired) electrons. The molecule has 2 fully saturated rings. The van der Waals surface area contributed by atoms with Crippen molar-refractivity contribution in [1.29, 1.82) is 0 Å². The zero-order chi connectivity index (χ0) is 16.7. The monoisotopic (exact) mass is 327 g/mol. The van der Waals surface area contributed by atoms with Gasteiger partial charge in [-0.25, -0.2) is 4.98 Å². The quantitative estimate of drug-likeness (QED) is 0.845. The van der Waals surface area contributed by atoms with Gasteiger partial charge in [-0.1, -0.05) is 0 Å². The molecule has 1 aliphatic heterocycles. The third kappa shape index (κ3) is 2.69. The predicted octanol–water partition coefficient (Wildman–Crippen LogP) is 2.59. The second kappa shape index (κ2) is 6.16. The van der Waals surface area contributed by atoms with Gasteiger partial charge < -0.3 is 9.64 Å². The van der Waals surface area contributed by atoms with Crippen molar-refractivity contribution < 1.29 is 4.74 Å². The molecule has 2 aromatic heterocycles.